The van der Waals surface area contributed by atoms with Crippen molar-refractivity contribution in [3.05, 3.63) is 29.3 Å². The fraction of sp³-hybridized carbons (Fsp3) is 0.533. The monoisotopic (exact) mass is 264 g/mol. The van der Waals surface area contributed by atoms with Crippen LogP contribution >= 0.6 is 0 Å². The van der Waals surface area contributed by atoms with Crippen molar-refractivity contribution in [2.24, 2.45) is 0 Å². The van der Waals surface area contributed by atoms with Gasteiger partial charge >= 0.3 is 0 Å². The summed E-state index contributed by atoms with van der Waals surface area (Å²) in [6.45, 7) is 6.40. The second-order valence-corrected chi connectivity index (χ2v) is 4.56. The smallest absolute Gasteiger partial charge is 0.223 e. The van der Waals surface area contributed by atoms with Gasteiger partial charge in [-0.2, -0.15) is 0 Å². The summed E-state index contributed by atoms with van der Waals surface area (Å²) in [5.74, 6) is 0.857. The summed E-state index contributed by atoms with van der Waals surface area (Å²) in [4.78, 5) is 11.1. The van der Waals surface area contributed by atoms with Gasteiger partial charge < -0.3 is 15.4 Å². The first-order valence-electron chi connectivity index (χ1n) is 6.81. The van der Waals surface area contributed by atoms with E-state index in [1.807, 2.05) is 12.1 Å². The zero-order valence-electron chi connectivity index (χ0n) is 12.1. The largest absolute Gasteiger partial charge is 0.493 e. The summed E-state index contributed by atoms with van der Waals surface area (Å²) in [6, 6.07) is 6.12. The maximum absolute atomic E-state index is 11.1. The van der Waals surface area contributed by atoms with Gasteiger partial charge in [0.25, 0.3) is 0 Å². The van der Waals surface area contributed by atoms with E-state index in [2.05, 4.69) is 30.5 Å². The molecule has 1 rings (SSSR count). The maximum atomic E-state index is 11.1. The van der Waals surface area contributed by atoms with Crippen LogP contribution in [0.1, 0.15) is 30.9 Å². The van der Waals surface area contributed by atoms with Gasteiger partial charge in [-0.3, -0.25) is 4.79 Å². The molecule has 19 heavy (non-hydrogen) atoms. The van der Waals surface area contributed by atoms with Gasteiger partial charge in [0.05, 0.1) is 13.0 Å². The average molecular weight is 264 g/mol. The molecule has 4 heteroatoms. The van der Waals surface area contributed by atoms with Crippen LogP contribution < -0.4 is 15.4 Å². The molecule has 0 aliphatic carbocycles. The number of hydrogen-bond acceptors (Lipinski definition) is 3. The van der Waals surface area contributed by atoms with Crippen molar-refractivity contribution in [3.8, 4) is 5.75 Å². The summed E-state index contributed by atoms with van der Waals surface area (Å²) >= 11 is 0. The van der Waals surface area contributed by atoms with Gasteiger partial charge in [0.1, 0.15) is 5.75 Å². The van der Waals surface area contributed by atoms with Crippen LogP contribution in [-0.2, 0) is 11.3 Å². The Balaban J connectivity index is 2.57. The third-order valence-corrected chi connectivity index (χ3v) is 2.82. The number of amides is 1. The lowest BCUT2D eigenvalue weighted by Crippen LogP contribution is -2.20. The minimum absolute atomic E-state index is 0.00207. The minimum atomic E-state index is -0.00207. The molecule has 0 saturated heterocycles. The fourth-order valence-corrected chi connectivity index (χ4v) is 1.77. The molecule has 0 spiro atoms. The van der Waals surface area contributed by atoms with Crippen LogP contribution in [0.4, 0.5) is 0 Å². The third-order valence-electron chi connectivity index (χ3n) is 2.82. The van der Waals surface area contributed by atoms with E-state index >= 15 is 0 Å². The molecule has 2 N–H and O–H groups in total. The number of carbonyl (C=O) groups is 1. The Kier molecular flexibility index (Phi) is 6.97. The van der Waals surface area contributed by atoms with E-state index in [-0.39, 0.29) is 5.91 Å². The first kappa shape index (κ1) is 15.5. The SMILES string of the molecule is CCCNCc1cc(C)ccc1OCCC(=O)NC. The Bertz CT molecular complexity index is 405. The highest BCUT2D eigenvalue weighted by Crippen LogP contribution is 2.20. The molecule has 0 fully saturated rings. The lowest BCUT2D eigenvalue weighted by molar-refractivity contribution is -0.121. The maximum Gasteiger partial charge on any atom is 0.223 e. The van der Waals surface area contributed by atoms with E-state index < -0.39 is 0 Å². The Morgan fingerprint density at radius 1 is 1.37 bits per heavy atom. The van der Waals surface area contributed by atoms with Gasteiger partial charge in [-0.05, 0) is 26.0 Å². The molecule has 0 aromatic heterocycles. The number of rotatable bonds is 8. The molecular weight excluding hydrogens is 240 g/mol. The molecule has 0 aliphatic rings. The molecule has 4 nitrogen and oxygen atoms in total. The minimum Gasteiger partial charge on any atom is -0.493 e. The highest BCUT2D eigenvalue weighted by atomic mass is 16.5. The normalized spacial score (nSPS) is 10.3. The Morgan fingerprint density at radius 2 is 2.16 bits per heavy atom. The van der Waals surface area contributed by atoms with Crippen molar-refractivity contribution in [1.29, 1.82) is 0 Å². The van der Waals surface area contributed by atoms with E-state index in [0.29, 0.717) is 13.0 Å². The van der Waals surface area contributed by atoms with Crippen LogP contribution in [-0.4, -0.2) is 26.1 Å². The molecule has 1 aromatic rings. The number of nitrogens with one attached hydrogen (secondary N) is 2. The second-order valence-electron chi connectivity index (χ2n) is 4.56. The number of benzene rings is 1. The predicted octanol–water partition coefficient (Wildman–Crippen LogP) is 2.01. The number of hydrogen-bond donors (Lipinski definition) is 2. The van der Waals surface area contributed by atoms with Crippen molar-refractivity contribution in [3.63, 3.8) is 0 Å². The molecule has 0 aliphatic heterocycles. The lowest BCUT2D eigenvalue weighted by atomic mass is 10.1. The van der Waals surface area contributed by atoms with Crippen molar-refractivity contribution in [2.75, 3.05) is 20.2 Å². The summed E-state index contributed by atoms with van der Waals surface area (Å²) < 4.78 is 5.69. The predicted molar refractivity (Wildman–Crippen MR) is 77.4 cm³/mol. The quantitative estimate of drug-likeness (QED) is 0.706. The number of aryl methyl sites for hydroxylation is 1. The van der Waals surface area contributed by atoms with Crippen molar-refractivity contribution < 1.29 is 9.53 Å². The molecule has 0 atom stereocenters. The zero-order valence-corrected chi connectivity index (χ0v) is 12.1. The summed E-state index contributed by atoms with van der Waals surface area (Å²) in [5, 5.41) is 5.96. The highest BCUT2D eigenvalue weighted by Gasteiger charge is 2.05. The van der Waals surface area contributed by atoms with Crippen LogP contribution in [0.2, 0.25) is 0 Å². The number of ether oxygens (including phenoxy) is 1. The van der Waals surface area contributed by atoms with E-state index in [1.54, 1.807) is 7.05 Å². The Labute approximate surface area is 115 Å². The van der Waals surface area contributed by atoms with Crippen LogP contribution in [0.5, 0.6) is 5.75 Å². The lowest BCUT2D eigenvalue weighted by Gasteiger charge is -2.12. The second kappa shape index (κ2) is 8.53. The van der Waals surface area contributed by atoms with Gasteiger partial charge in [-0.25, -0.2) is 0 Å². The molecule has 0 radical (unpaired) electrons. The molecule has 0 bridgehead atoms. The van der Waals surface area contributed by atoms with Crippen LogP contribution in [0.25, 0.3) is 0 Å². The van der Waals surface area contributed by atoms with Gasteiger partial charge in [-0.1, -0.05) is 24.6 Å². The molecule has 106 valence electrons. The summed E-state index contributed by atoms with van der Waals surface area (Å²) in [7, 11) is 1.63. The third kappa shape index (κ3) is 5.75. The van der Waals surface area contributed by atoms with E-state index in [0.717, 1.165) is 30.8 Å². The first-order valence-corrected chi connectivity index (χ1v) is 6.81. The summed E-state index contributed by atoms with van der Waals surface area (Å²) in [6.07, 6.45) is 1.49. The molecule has 1 amide bonds. The van der Waals surface area contributed by atoms with E-state index in [1.165, 1.54) is 5.56 Å². The molecule has 0 heterocycles. The van der Waals surface area contributed by atoms with Crippen LogP contribution in [0.3, 0.4) is 0 Å². The van der Waals surface area contributed by atoms with Gasteiger partial charge in [0.15, 0.2) is 0 Å². The van der Waals surface area contributed by atoms with Crippen molar-refractivity contribution in [1.82, 2.24) is 10.6 Å². The topological polar surface area (TPSA) is 50.4 Å². The molecule has 0 unspecified atom stereocenters. The average Bonchev–Trinajstić information content (AvgIpc) is 2.41. The fourth-order valence-electron chi connectivity index (χ4n) is 1.77. The van der Waals surface area contributed by atoms with Crippen LogP contribution in [0.15, 0.2) is 18.2 Å². The molecule has 0 saturated carbocycles. The number of carbonyl (C=O) groups excluding carboxylic acids is 1. The highest BCUT2D eigenvalue weighted by molar-refractivity contribution is 5.75. The first-order chi connectivity index (χ1) is 9.17. The van der Waals surface area contributed by atoms with Gasteiger partial charge in [0, 0.05) is 19.2 Å². The Hall–Kier alpha value is -1.55. The van der Waals surface area contributed by atoms with Crippen molar-refractivity contribution in [2.45, 2.75) is 33.2 Å². The molecule has 1 aromatic carbocycles. The summed E-state index contributed by atoms with van der Waals surface area (Å²) in [5.41, 5.74) is 2.36. The van der Waals surface area contributed by atoms with Gasteiger partial charge in [-0.15, -0.1) is 0 Å². The van der Waals surface area contributed by atoms with E-state index in [9.17, 15) is 4.79 Å². The standard InChI is InChI=1S/C15H24N2O2/c1-4-8-17-11-13-10-12(2)5-6-14(13)19-9-7-15(18)16-3/h5-6,10,17H,4,7-9,11H2,1-3H3,(H,16,18). The Morgan fingerprint density at radius 3 is 2.84 bits per heavy atom. The zero-order chi connectivity index (χ0) is 14.1. The van der Waals surface area contributed by atoms with Crippen LogP contribution in [0, 0.1) is 6.92 Å². The molecular formula is C15H24N2O2. The van der Waals surface area contributed by atoms with Crippen molar-refractivity contribution >= 4 is 5.91 Å². The van der Waals surface area contributed by atoms with E-state index in [4.69, 9.17) is 4.74 Å². The van der Waals surface area contributed by atoms with Gasteiger partial charge in [0.2, 0.25) is 5.91 Å².